The minimum Gasteiger partial charge on any atom is -0.497 e. The van der Waals surface area contributed by atoms with E-state index in [1.54, 1.807) is 20.3 Å². The Morgan fingerprint density at radius 1 is 1.10 bits per heavy atom. The van der Waals surface area contributed by atoms with Crippen molar-refractivity contribution in [2.24, 2.45) is 5.92 Å². The van der Waals surface area contributed by atoms with E-state index in [1.165, 1.54) is 6.07 Å². The van der Waals surface area contributed by atoms with Crippen LogP contribution in [0.1, 0.15) is 29.9 Å². The zero-order valence-corrected chi connectivity index (χ0v) is 17.5. The van der Waals surface area contributed by atoms with E-state index in [0.29, 0.717) is 18.0 Å². The summed E-state index contributed by atoms with van der Waals surface area (Å²) in [6.07, 6.45) is 2.15. The lowest BCUT2D eigenvalue weighted by atomic mass is 9.81. The number of hydrazine groups is 1. The van der Waals surface area contributed by atoms with Crippen molar-refractivity contribution in [3.63, 3.8) is 0 Å². The standard InChI is InChI=1S/C23H29F2N3O2/c1-29-18-6-8-22(30-2)16(10-18)14-28-9-3-4-15(13-28)23-20(12-26-27-23)19-7-5-17(24)11-21(19)25/h5-8,10-11,15,20,23,26-27H,3-4,9,12-14H2,1-2H3. The summed E-state index contributed by atoms with van der Waals surface area (Å²) in [4.78, 5) is 2.42. The second-order valence-corrected chi connectivity index (χ2v) is 8.14. The lowest BCUT2D eigenvalue weighted by Crippen LogP contribution is -2.46. The fraction of sp³-hybridized carbons (Fsp3) is 0.478. The molecule has 2 heterocycles. The summed E-state index contributed by atoms with van der Waals surface area (Å²) in [6.45, 7) is 3.31. The van der Waals surface area contributed by atoms with Gasteiger partial charge in [-0.3, -0.25) is 15.8 Å². The first-order chi connectivity index (χ1) is 14.6. The van der Waals surface area contributed by atoms with Crippen molar-refractivity contribution in [1.82, 2.24) is 15.8 Å². The van der Waals surface area contributed by atoms with Crippen LogP contribution in [-0.2, 0) is 6.54 Å². The zero-order chi connectivity index (χ0) is 21.1. The third kappa shape index (κ3) is 4.43. The highest BCUT2D eigenvalue weighted by atomic mass is 19.1. The van der Waals surface area contributed by atoms with Crippen LogP contribution in [0, 0.1) is 17.6 Å². The minimum absolute atomic E-state index is 0.0260. The molecule has 2 aliphatic rings. The summed E-state index contributed by atoms with van der Waals surface area (Å²) in [5, 5.41) is 0. The lowest BCUT2D eigenvalue weighted by Gasteiger charge is -2.37. The Balaban J connectivity index is 1.48. The maximum absolute atomic E-state index is 14.4. The van der Waals surface area contributed by atoms with E-state index >= 15 is 0 Å². The monoisotopic (exact) mass is 417 g/mol. The summed E-state index contributed by atoms with van der Waals surface area (Å²) < 4.78 is 38.7. The van der Waals surface area contributed by atoms with Gasteiger partial charge in [-0.2, -0.15) is 0 Å². The maximum atomic E-state index is 14.4. The smallest absolute Gasteiger partial charge is 0.129 e. The van der Waals surface area contributed by atoms with E-state index in [-0.39, 0.29) is 12.0 Å². The molecule has 3 unspecified atom stereocenters. The second-order valence-electron chi connectivity index (χ2n) is 8.14. The van der Waals surface area contributed by atoms with Crippen LogP contribution in [0.4, 0.5) is 8.78 Å². The quantitative estimate of drug-likeness (QED) is 0.754. The van der Waals surface area contributed by atoms with Crippen LogP contribution in [0.15, 0.2) is 36.4 Å². The normalized spacial score (nSPS) is 24.7. The number of piperidine rings is 1. The second kappa shape index (κ2) is 9.29. The number of nitrogens with zero attached hydrogens (tertiary/aromatic N) is 1. The Bertz CT molecular complexity index is 880. The number of likely N-dealkylation sites (tertiary alicyclic amines) is 1. The number of benzene rings is 2. The van der Waals surface area contributed by atoms with E-state index in [4.69, 9.17) is 9.47 Å². The first-order valence-electron chi connectivity index (χ1n) is 10.5. The molecule has 0 bridgehead atoms. The highest BCUT2D eigenvalue weighted by Gasteiger charge is 2.37. The fourth-order valence-corrected chi connectivity index (χ4v) is 4.84. The molecule has 2 aromatic rings. The Hall–Kier alpha value is -2.22. The van der Waals surface area contributed by atoms with Crippen LogP contribution < -0.4 is 20.3 Å². The molecule has 0 spiro atoms. The van der Waals surface area contributed by atoms with Gasteiger partial charge in [0, 0.05) is 43.2 Å². The molecule has 4 rings (SSSR count). The van der Waals surface area contributed by atoms with Gasteiger partial charge in [0.1, 0.15) is 23.1 Å². The van der Waals surface area contributed by atoms with Crippen molar-refractivity contribution in [3.05, 3.63) is 59.2 Å². The Kier molecular flexibility index (Phi) is 6.51. The van der Waals surface area contributed by atoms with Gasteiger partial charge in [-0.15, -0.1) is 0 Å². The molecule has 2 aliphatic heterocycles. The van der Waals surface area contributed by atoms with Crippen molar-refractivity contribution in [2.45, 2.75) is 31.3 Å². The van der Waals surface area contributed by atoms with Crippen molar-refractivity contribution >= 4 is 0 Å². The summed E-state index contributed by atoms with van der Waals surface area (Å²) >= 11 is 0. The first-order valence-corrected chi connectivity index (χ1v) is 10.5. The molecule has 0 amide bonds. The van der Waals surface area contributed by atoms with Gasteiger partial charge in [-0.05, 0) is 55.1 Å². The number of nitrogens with one attached hydrogen (secondary N) is 2. The van der Waals surface area contributed by atoms with Crippen LogP contribution in [0.3, 0.4) is 0 Å². The predicted molar refractivity (Wildman–Crippen MR) is 112 cm³/mol. The summed E-state index contributed by atoms with van der Waals surface area (Å²) in [5.41, 5.74) is 8.22. The molecule has 2 saturated heterocycles. The molecule has 2 fully saturated rings. The molecule has 162 valence electrons. The van der Waals surface area contributed by atoms with E-state index in [2.05, 4.69) is 15.8 Å². The van der Waals surface area contributed by atoms with Crippen LogP contribution in [0.2, 0.25) is 0 Å². The molecular formula is C23H29F2N3O2. The zero-order valence-electron chi connectivity index (χ0n) is 17.5. The van der Waals surface area contributed by atoms with Crippen molar-refractivity contribution < 1.29 is 18.3 Å². The largest absolute Gasteiger partial charge is 0.497 e. The Morgan fingerprint density at radius 2 is 1.97 bits per heavy atom. The number of hydrogen-bond donors (Lipinski definition) is 2. The van der Waals surface area contributed by atoms with Crippen molar-refractivity contribution in [2.75, 3.05) is 33.9 Å². The van der Waals surface area contributed by atoms with Gasteiger partial charge in [0.05, 0.1) is 14.2 Å². The summed E-state index contributed by atoms with van der Waals surface area (Å²) in [7, 11) is 3.34. The van der Waals surface area contributed by atoms with Crippen LogP contribution >= 0.6 is 0 Å². The third-order valence-corrected chi connectivity index (χ3v) is 6.32. The molecule has 2 N–H and O–H groups in total. The van der Waals surface area contributed by atoms with Gasteiger partial charge in [0.25, 0.3) is 0 Å². The predicted octanol–water partition coefficient (Wildman–Crippen LogP) is 3.45. The lowest BCUT2D eigenvalue weighted by molar-refractivity contribution is 0.138. The van der Waals surface area contributed by atoms with Gasteiger partial charge in [0.15, 0.2) is 0 Å². The molecule has 30 heavy (non-hydrogen) atoms. The van der Waals surface area contributed by atoms with Gasteiger partial charge in [0.2, 0.25) is 0 Å². The molecule has 0 radical (unpaired) electrons. The topological polar surface area (TPSA) is 45.8 Å². The number of hydrogen-bond acceptors (Lipinski definition) is 5. The van der Waals surface area contributed by atoms with Gasteiger partial charge >= 0.3 is 0 Å². The van der Waals surface area contributed by atoms with E-state index in [9.17, 15) is 8.78 Å². The average Bonchev–Trinajstić information content (AvgIpc) is 3.23. The van der Waals surface area contributed by atoms with Gasteiger partial charge in [-0.25, -0.2) is 8.78 Å². The molecule has 0 saturated carbocycles. The molecule has 2 aromatic carbocycles. The molecule has 7 heteroatoms. The first kappa shape index (κ1) is 21.0. The maximum Gasteiger partial charge on any atom is 0.129 e. The number of methoxy groups -OCH3 is 2. The average molecular weight is 418 g/mol. The number of rotatable bonds is 6. The fourth-order valence-electron chi connectivity index (χ4n) is 4.84. The van der Waals surface area contributed by atoms with E-state index < -0.39 is 11.6 Å². The van der Waals surface area contributed by atoms with Gasteiger partial charge < -0.3 is 9.47 Å². The number of ether oxygens (including phenoxy) is 2. The molecule has 0 aromatic heterocycles. The number of halogens is 2. The van der Waals surface area contributed by atoms with Gasteiger partial charge in [-0.1, -0.05) is 6.07 Å². The van der Waals surface area contributed by atoms with E-state index in [0.717, 1.165) is 55.6 Å². The summed E-state index contributed by atoms with van der Waals surface area (Å²) in [6, 6.07) is 9.86. The third-order valence-electron chi connectivity index (χ3n) is 6.32. The Morgan fingerprint density at radius 3 is 2.73 bits per heavy atom. The molecular weight excluding hydrogens is 388 g/mol. The highest BCUT2D eigenvalue weighted by Crippen LogP contribution is 2.34. The van der Waals surface area contributed by atoms with Crippen molar-refractivity contribution in [3.8, 4) is 11.5 Å². The Labute approximate surface area is 176 Å². The molecule has 0 aliphatic carbocycles. The summed E-state index contributed by atoms with van der Waals surface area (Å²) in [5.74, 6) is 0.992. The molecule has 5 nitrogen and oxygen atoms in total. The van der Waals surface area contributed by atoms with Crippen LogP contribution in [-0.4, -0.2) is 44.8 Å². The van der Waals surface area contributed by atoms with Crippen LogP contribution in [0.25, 0.3) is 0 Å². The minimum atomic E-state index is -0.539. The van der Waals surface area contributed by atoms with Crippen molar-refractivity contribution in [1.29, 1.82) is 0 Å². The molecule has 3 atom stereocenters. The SMILES string of the molecule is COc1ccc(OC)c(CN2CCCC(C3NNCC3c3ccc(F)cc3F)C2)c1. The highest BCUT2D eigenvalue weighted by molar-refractivity contribution is 5.40. The van der Waals surface area contributed by atoms with E-state index in [1.807, 2.05) is 18.2 Å². The van der Waals surface area contributed by atoms with Crippen LogP contribution in [0.5, 0.6) is 11.5 Å².